The van der Waals surface area contributed by atoms with Crippen molar-refractivity contribution in [3.8, 4) is 5.75 Å². The number of aryl methyl sites for hydroxylation is 1. The predicted octanol–water partition coefficient (Wildman–Crippen LogP) is 3.40. The minimum Gasteiger partial charge on any atom is -0.494 e. The lowest BCUT2D eigenvalue weighted by atomic mass is 9.80. The van der Waals surface area contributed by atoms with Crippen LogP contribution >= 0.6 is 11.6 Å². The molecule has 0 amide bonds. The van der Waals surface area contributed by atoms with Gasteiger partial charge in [-0.15, -0.1) is 11.6 Å². The summed E-state index contributed by atoms with van der Waals surface area (Å²) in [5, 5.41) is 0. The third-order valence-corrected chi connectivity index (χ3v) is 4.69. The first-order chi connectivity index (χ1) is 10.2. The molecule has 2 aromatic rings. The summed E-state index contributed by atoms with van der Waals surface area (Å²) in [7, 11) is 3.48. The Morgan fingerprint density at radius 2 is 2.14 bits per heavy atom. The molecule has 3 rings (SSSR count). The molecular weight excluding hydrogens is 288 g/mol. The number of ether oxygens (including phenoxy) is 2. The molecule has 1 aromatic heterocycles. The van der Waals surface area contributed by atoms with Gasteiger partial charge in [0.25, 0.3) is 0 Å². The molecular formula is C16H21ClN2O2. The highest BCUT2D eigenvalue weighted by Gasteiger charge is 2.38. The molecule has 5 heteroatoms. The van der Waals surface area contributed by atoms with E-state index in [1.165, 1.54) is 6.42 Å². The number of rotatable bonds is 6. The number of fused-ring (bicyclic) bond motifs is 1. The fourth-order valence-electron chi connectivity index (χ4n) is 3.07. The van der Waals surface area contributed by atoms with E-state index in [1.807, 2.05) is 12.1 Å². The van der Waals surface area contributed by atoms with E-state index in [0.717, 1.165) is 48.4 Å². The van der Waals surface area contributed by atoms with Gasteiger partial charge in [0.15, 0.2) is 0 Å². The summed E-state index contributed by atoms with van der Waals surface area (Å²) in [6.07, 6.45) is 4.19. The molecule has 0 N–H and O–H groups in total. The van der Waals surface area contributed by atoms with E-state index in [0.29, 0.717) is 5.88 Å². The van der Waals surface area contributed by atoms with E-state index in [9.17, 15) is 0 Å². The van der Waals surface area contributed by atoms with Gasteiger partial charge in [-0.25, -0.2) is 4.98 Å². The van der Waals surface area contributed by atoms with Crippen molar-refractivity contribution in [3.63, 3.8) is 0 Å². The van der Waals surface area contributed by atoms with Crippen LogP contribution in [0, 0.1) is 0 Å². The van der Waals surface area contributed by atoms with Crippen LogP contribution in [0.1, 0.15) is 25.1 Å². The number of halogens is 1. The van der Waals surface area contributed by atoms with Crippen LogP contribution in [0.4, 0.5) is 0 Å². The minimum atomic E-state index is -0.0439. The second-order valence-corrected chi connectivity index (χ2v) is 6.00. The summed E-state index contributed by atoms with van der Waals surface area (Å²) in [6.45, 7) is 0.833. The average Bonchev–Trinajstić information content (AvgIpc) is 2.80. The monoisotopic (exact) mass is 308 g/mol. The fourth-order valence-corrected chi connectivity index (χ4v) is 3.24. The Kier molecular flexibility index (Phi) is 4.09. The number of methoxy groups -OCH3 is 2. The number of nitrogens with zero attached hydrogens (tertiary/aromatic N) is 2. The lowest BCUT2D eigenvalue weighted by Gasteiger charge is -2.41. The minimum absolute atomic E-state index is 0.0439. The second-order valence-electron chi connectivity index (χ2n) is 5.62. The van der Waals surface area contributed by atoms with Crippen LogP contribution in [-0.4, -0.2) is 35.3 Å². The number of imidazole rings is 1. The third-order valence-electron chi connectivity index (χ3n) is 4.50. The molecule has 1 aromatic carbocycles. The van der Waals surface area contributed by atoms with E-state index < -0.39 is 0 Å². The molecule has 1 saturated carbocycles. The Labute approximate surface area is 130 Å². The Balaban J connectivity index is 2.07. The van der Waals surface area contributed by atoms with Gasteiger partial charge in [0.2, 0.25) is 0 Å². The molecule has 1 heterocycles. The first-order valence-electron chi connectivity index (χ1n) is 7.36. The van der Waals surface area contributed by atoms with E-state index in [4.69, 9.17) is 26.1 Å². The molecule has 0 saturated heterocycles. The molecule has 0 atom stereocenters. The Morgan fingerprint density at radius 3 is 2.71 bits per heavy atom. The molecule has 0 radical (unpaired) electrons. The molecule has 1 fully saturated rings. The second kappa shape index (κ2) is 5.85. The molecule has 0 spiro atoms. The van der Waals surface area contributed by atoms with Crippen molar-refractivity contribution in [1.29, 1.82) is 0 Å². The first-order valence-corrected chi connectivity index (χ1v) is 7.90. The standard InChI is InChI=1S/C16H21ClN2O2/c1-20-13-6-3-5-12-15(13)18-14(7-10-17)19(12)11-16(21-2)8-4-9-16/h3,5-6H,4,7-11H2,1-2H3. The quantitative estimate of drug-likeness (QED) is 0.767. The van der Waals surface area contributed by atoms with E-state index >= 15 is 0 Å². The van der Waals surface area contributed by atoms with E-state index in [-0.39, 0.29) is 5.60 Å². The summed E-state index contributed by atoms with van der Waals surface area (Å²) >= 11 is 5.95. The van der Waals surface area contributed by atoms with E-state index in [1.54, 1.807) is 14.2 Å². The SMILES string of the molecule is COc1cccc2c1nc(CCCl)n2CC1(OC)CCC1. The summed E-state index contributed by atoms with van der Waals surface area (Å²) in [4.78, 5) is 4.75. The van der Waals surface area contributed by atoms with E-state index in [2.05, 4.69) is 10.6 Å². The molecule has 1 aliphatic carbocycles. The van der Waals surface area contributed by atoms with Crippen LogP contribution in [0.3, 0.4) is 0 Å². The molecule has 21 heavy (non-hydrogen) atoms. The van der Waals surface area contributed by atoms with Crippen molar-refractivity contribution in [3.05, 3.63) is 24.0 Å². The lowest BCUT2D eigenvalue weighted by Crippen LogP contribution is -2.43. The highest BCUT2D eigenvalue weighted by molar-refractivity contribution is 6.17. The predicted molar refractivity (Wildman–Crippen MR) is 84.3 cm³/mol. The lowest BCUT2D eigenvalue weighted by molar-refractivity contribution is -0.0832. The molecule has 4 nitrogen and oxygen atoms in total. The van der Waals surface area contributed by atoms with Gasteiger partial charge in [0.05, 0.1) is 24.8 Å². The normalized spacial score (nSPS) is 16.9. The summed E-state index contributed by atoms with van der Waals surface area (Å²) in [5.74, 6) is 2.38. The molecule has 1 aliphatic rings. The highest BCUT2D eigenvalue weighted by Crippen LogP contribution is 2.38. The maximum absolute atomic E-state index is 5.95. The zero-order valence-corrected chi connectivity index (χ0v) is 13.3. The average molecular weight is 309 g/mol. The summed E-state index contributed by atoms with van der Waals surface area (Å²) < 4.78 is 13.5. The molecule has 0 unspecified atom stereocenters. The van der Waals surface area contributed by atoms with Crippen LogP contribution in [0.15, 0.2) is 18.2 Å². The molecule has 0 aliphatic heterocycles. The van der Waals surface area contributed by atoms with Gasteiger partial charge in [-0.1, -0.05) is 6.07 Å². The van der Waals surface area contributed by atoms with Crippen molar-refractivity contribution >= 4 is 22.6 Å². The summed E-state index contributed by atoms with van der Waals surface area (Å²) in [5.41, 5.74) is 1.96. The Morgan fingerprint density at radius 1 is 1.33 bits per heavy atom. The Bertz CT molecular complexity index is 629. The number of hydrogen-bond donors (Lipinski definition) is 0. The number of benzene rings is 1. The molecule has 114 valence electrons. The molecule has 0 bridgehead atoms. The smallest absolute Gasteiger partial charge is 0.146 e. The van der Waals surface area contributed by atoms with Crippen LogP contribution in [-0.2, 0) is 17.7 Å². The largest absolute Gasteiger partial charge is 0.494 e. The van der Waals surface area contributed by atoms with Gasteiger partial charge < -0.3 is 14.0 Å². The van der Waals surface area contributed by atoms with Crippen molar-refractivity contribution < 1.29 is 9.47 Å². The van der Waals surface area contributed by atoms with Crippen molar-refractivity contribution in [1.82, 2.24) is 9.55 Å². The van der Waals surface area contributed by atoms with Crippen LogP contribution in [0.25, 0.3) is 11.0 Å². The van der Waals surface area contributed by atoms with Crippen molar-refractivity contribution in [2.45, 2.75) is 37.8 Å². The van der Waals surface area contributed by atoms with Gasteiger partial charge in [0.1, 0.15) is 17.1 Å². The Hall–Kier alpha value is -1.26. The number of para-hydroxylation sites is 1. The van der Waals surface area contributed by atoms with Gasteiger partial charge in [-0.2, -0.15) is 0 Å². The summed E-state index contributed by atoms with van der Waals surface area (Å²) in [6, 6.07) is 6.04. The van der Waals surface area contributed by atoms with Gasteiger partial charge in [0, 0.05) is 19.4 Å². The number of hydrogen-bond acceptors (Lipinski definition) is 3. The van der Waals surface area contributed by atoms with Crippen LogP contribution in [0.2, 0.25) is 0 Å². The number of alkyl halides is 1. The highest BCUT2D eigenvalue weighted by atomic mass is 35.5. The van der Waals surface area contributed by atoms with Crippen LogP contribution in [0.5, 0.6) is 5.75 Å². The van der Waals surface area contributed by atoms with Crippen molar-refractivity contribution in [2.75, 3.05) is 20.1 Å². The fraction of sp³-hybridized carbons (Fsp3) is 0.562. The van der Waals surface area contributed by atoms with Crippen LogP contribution < -0.4 is 4.74 Å². The third kappa shape index (κ3) is 2.51. The van der Waals surface area contributed by atoms with Gasteiger partial charge in [-0.05, 0) is 31.4 Å². The van der Waals surface area contributed by atoms with Crippen molar-refractivity contribution in [2.24, 2.45) is 0 Å². The zero-order valence-electron chi connectivity index (χ0n) is 12.6. The topological polar surface area (TPSA) is 36.3 Å². The van der Waals surface area contributed by atoms with Gasteiger partial charge >= 0.3 is 0 Å². The maximum Gasteiger partial charge on any atom is 0.146 e. The first kappa shape index (κ1) is 14.7. The number of aromatic nitrogens is 2. The van der Waals surface area contributed by atoms with Gasteiger partial charge in [-0.3, -0.25) is 0 Å². The zero-order chi connectivity index (χ0) is 14.9. The maximum atomic E-state index is 5.95.